The maximum atomic E-state index is 13.8. The number of likely N-dealkylation sites (tertiary alicyclic amines) is 1. The molecule has 0 radical (unpaired) electrons. The van der Waals surface area contributed by atoms with E-state index < -0.39 is 12.0 Å². The highest BCUT2D eigenvalue weighted by Gasteiger charge is 2.47. The summed E-state index contributed by atoms with van der Waals surface area (Å²) in [5.41, 5.74) is 0.980. The molecule has 5 nitrogen and oxygen atoms in total. The van der Waals surface area contributed by atoms with Gasteiger partial charge in [-0.05, 0) is 12.1 Å². The summed E-state index contributed by atoms with van der Waals surface area (Å²) in [7, 11) is 1.90. The Kier molecular flexibility index (Phi) is 3.52. The summed E-state index contributed by atoms with van der Waals surface area (Å²) in [4.78, 5) is 1.71. The summed E-state index contributed by atoms with van der Waals surface area (Å²) >= 11 is 0. The highest BCUT2D eigenvalue weighted by Crippen LogP contribution is 2.41. The van der Waals surface area contributed by atoms with Crippen molar-refractivity contribution in [2.75, 3.05) is 6.54 Å². The van der Waals surface area contributed by atoms with E-state index in [1.165, 1.54) is 0 Å². The number of halogens is 2. The summed E-state index contributed by atoms with van der Waals surface area (Å²) in [6, 6.07) is 3.31. The SMILES string of the molecule is CCc1nnc(C2CC(F)(F)CN2Cc2cccn2C)o1. The summed E-state index contributed by atoms with van der Waals surface area (Å²) in [6.45, 7) is 2.04. The number of aromatic nitrogens is 3. The second kappa shape index (κ2) is 5.22. The van der Waals surface area contributed by atoms with Crippen LogP contribution < -0.4 is 0 Å². The highest BCUT2D eigenvalue weighted by atomic mass is 19.3. The summed E-state index contributed by atoms with van der Waals surface area (Å²) in [6.07, 6.45) is 2.23. The minimum atomic E-state index is -2.73. The van der Waals surface area contributed by atoms with E-state index in [-0.39, 0.29) is 13.0 Å². The number of nitrogens with zero attached hydrogens (tertiary/aromatic N) is 4. The maximum absolute atomic E-state index is 13.8. The van der Waals surface area contributed by atoms with E-state index in [0.717, 1.165) is 5.69 Å². The second-order valence-electron chi connectivity index (χ2n) is 5.48. The molecule has 3 heterocycles. The molecule has 0 saturated carbocycles. The van der Waals surface area contributed by atoms with Gasteiger partial charge < -0.3 is 8.98 Å². The van der Waals surface area contributed by atoms with Crippen molar-refractivity contribution >= 4 is 0 Å². The molecule has 0 spiro atoms. The Balaban J connectivity index is 1.84. The van der Waals surface area contributed by atoms with Crippen LogP contribution in [0.5, 0.6) is 0 Å². The van der Waals surface area contributed by atoms with E-state index in [4.69, 9.17) is 4.42 Å². The third-order valence-corrected chi connectivity index (χ3v) is 3.85. The van der Waals surface area contributed by atoms with E-state index >= 15 is 0 Å². The minimum absolute atomic E-state index is 0.275. The highest BCUT2D eigenvalue weighted by molar-refractivity contribution is 5.09. The van der Waals surface area contributed by atoms with Crippen LogP contribution in [0, 0.1) is 0 Å². The topological polar surface area (TPSA) is 47.1 Å². The molecule has 0 amide bonds. The van der Waals surface area contributed by atoms with Crippen LogP contribution in [0.4, 0.5) is 8.78 Å². The summed E-state index contributed by atoms with van der Waals surface area (Å²) in [5.74, 6) is -1.95. The molecule has 114 valence electrons. The third-order valence-electron chi connectivity index (χ3n) is 3.85. The van der Waals surface area contributed by atoms with E-state index in [9.17, 15) is 8.78 Å². The predicted octanol–water partition coefficient (Wildman–Crippen LogP) is 2.55. The van der Waals surface area contributed by atoms with Crippen molar-refractivity contribution in [1.29, 1.82) is 0 Å². The molecule has 1 saturated heterocycles. The molecule has 1 unspecified atom stereocenters. The molecule has 1 fully saturated rings. The summed E-state index contributed by atoms with van der Waals surface area (Å²) < 4.78 is 35.0. The Morgan fingerprint density at radius 2 is 2.24 bits per heavy atom. The molecule has 0 bridgehead atoms. The lowest BCUT2D eigenvalue weighted by Gasteiger charge is -2.21. The fourth-order valence-corrected chi connectivity index (χ4v) is 2.71. The lowest BCUT2D eigenvalue weighted by Crippen LogP contribution is -2.27. The number of aryl methyl sites for hydroxylation is 2. The normalized spacial score (nSPS) is 22.0. The molecule has 0 aromatic carbocycles. The molecule has 21 heavy (non-hydrogen) atoms. The first-order chi connectivity index (χ1) is 9.98. The Morgan fingerprint density at radius 3 is 2.86 bits per heavy atom. The lowest BCUT2D eigenvalue weighted by atomic mass is 10.2. The largest absolute Gasteiger partial charge is 0.424 e. The fourth-order valence-electron chi connectivity index (χ4n) is 2.71. The molecule has 3 rings (SSSR count). The van der Waals surface area contributed by atoms with Crippen LogP contribution in [0.3, 0.4) is 0 Å². The Bertz CT molecular complexity index is 622. The van der Waals surface area contributed by atoms with Crippen LogP contribution in [0.2, 0.25) is 0 Å². The number of hydrogen-bond acceptors (Lipinski definition) is 4. The van der Waals surface area contributed by atoms with Crippen molar-refractivity contribution in [3.63, 3.8) is 0 Å². The lowest BCUT2D eigenvalue weighted by molar-refractivity contribution is 0.0111. The van der Waals surface area contributed by atoms with Gasteiger partial charge in [0.15, 0.2) is 0 Å². The van der Waals surface area contributed by atoms with Crippen LogP contribution in [-0.2, 0) is 20.0 Å². The molecule has 0 aliphatic carbocycles. The molecule has 2 aromatic heterocycles. The number of alkyl halides is 2. The van der Waals surface area contributed by atoms with Gasteiger partial charge in [0.05, 0.1) is 12.6 Å². The van der Waals surface area contributed by atoms with E-state index in [0.29, 0.717) is 24.7 Å². The average Bonchev–Trinajstić information content (AvgIpc) is 3.10. The van der Waals surface area contributed by atoms with Crippen LogP contribution in [-0.4, -0.2) is 32.1 Å². The smallest absolute Gasteiger partial charge is 0.262 e. The van der Waals surface area contributed by atoms with Gasteiger partial charge in [0.2, 0.25) is 11.8 Å². The molecule has 2 aromatic rings. The molecular formula is C14H18F2N4O. The Morgan fingerprint density at radius 1 is 1.43 bits per heavy atom. The Labute approximate surface area is 121 Å². The quantitative estimate of drug-likeness (QED) is 0.870. The maximum Gasteiger partial charge on any atom is 0.262 e. The zero-order valence-corrected chi connectivity index (χ0v) is 12.1. The molecule has 1 aliphatic heterocycles. The molecule has 1 aliphatic rings. The van der Waals surface area contributed by atoms with Crippen LogP contribution >= 0.6 is 0 Å². The van der Waals surface area contributed by atoms with Crippen molar-refractivity contribution in [2.45, 2.75) is 38.3 Å². The summed E-state index contributed by atoms with van der Waals surface area (Å²) in [5, 5.41) is 7.82. The van der Waals surface area contributed by atoms with Crippen LogP contribution in [0.15, 0.2) is 22.7 Å². The molecule has 7 heteroatoms. The Hall–Kier alpha value is -1.76. The first-order valence-corrected chi connectivity index (χ1v) is 7.03. The average molecular weight is 296 g/mol. The standard InChI is InChI=1S/C14H18F2N4O/c1-3-12-17-18-13(21-12)11-7-14(15,16)9-20(11)8-10-5-4-6-19(10)2/h4-6,11H,3,7-9H2,1-2H3. The van der Waals surface area contributed by atoms with E-state index in [2.05, 4.69) is 10.2 Å². The second-order valence-corrected chi connectivity index (χ2v) is 5.48. The number of rotatable bonds is 4. The fraction of sp³-hybridized carbons (Fsp3) is 0.571. The van der Waals surface area contributed by atoms with Gasteiger partial charge in [0.1, 0.15) is 0 Å². The van der Waals surface area contributed by atoms with Crippen molar-refractivity contribution in [3.05, 3.63) is 35.8 Å². The van der Waals surface area contributed by atoms with Crippen molar-refractivity contribution in [2.24, 2.45) is 7.05 Å². The van der Waals surface area contributed by atoms with Crippen molar-refractivity contribution in [3.8, 4) is 0 Å². The first kappa shape index (κ1) is 14.2. The van der Waals surface area contributed by atoms with Crippen LogP contribution in [0.1, 0.15) is 36.9 Å². The van der Waals surface area contributed by atoms with Gasteiger partial charge in [0.25, 0.3) is 5.92 Å². The van der Waals surface area contributed by atoms with Gasteiger partial charge in [-0.1, -0.05) is 6.92 Å². The van der Waals surface area contributed by atoms with E-state index in [1.807, 2.05) is 36.9 Å². The van der Waals surface area contributed by atoms with Crippen LogP contribution in [0.25, 0.3) is 0 Å². The van der Waals surface area contributed by atoms with E-state index in [1.54, 1.807) is 4.90 Å². The predicted molar refractivity (Wildman–Crippen MR) is 71.8 cm³/mol. The van der Waals surface area contributed by atoms with Gasteiger partial charge in [-0.2, -0.15) is 0 Å². The van der Waals surface area contributed by atoms with Gasteiger partial charge in [-0.25, -0.2) is 8.78 Å². The number of hydrogen-bond donors (Lipinski definition) is 0. The van der Waals surface area contributed by atoms with Gasteiger partial charge in [-0.3, -0.25) is 4.90 Å². The first-order valence-electron chi connectivity index (χ1n) is 7.03. The minimum Gasteiger partial charge on any atom is -0.424 e. The van der Waals surface area contributed by atoms with Gasteiger partial charge >= 0.3 is 0 Å². The zero-order valence-electron chi connectivity index (χ0n) is 12.1. The molecule has 0 N–H and O–H groups in total. The van der Waals surface area contributed by atoms with Gasteiger partial charge in [0, 0.05) is 38.3 Å². The third kappa shape index (κ3) is 2.83. The zero-order chi connectivity index (χ0) is 15.0. The molecule has 1 atom stereocenters. The van der Waals surface area contributed by atoms with Crippen molar-refractivity contribution in [1.82, 2.24) is 19.7 Å². The monoisotopic (exact) mass is 296 g/mol. The molecular weight excluding hydrogens is 278 g/mol. The van der Waals surface area contributed by atoms with Crippen molar-refractivity contribution < 1.29 is 13.2 Å². The van der Waals surface area contributed by atoms with Gasteiger partial charge in [-0.15, -0.1) is 10.2 Å².